The van der Waals surface area contributed by atoms with E-state index in [0.717, 1.165) is 30.4 Å². The molecule has 1 amide bonds. The van der Waals surface area contributed by atoms with E-state index in [9.17, 15) is 14.7 Å². The van der Waals surface area contributed by atoms with Gasteiger partial charge >= 0.3 is 5.97 Å². The smallest absolute Gasteiger partial charge is 0.304 e. The maximum Gasteiger partial charge on any atom is 0.304 e. The lowest BCUT2D eigenvalue weighted by molar-refractivity contribution is -0.166. The zero-order chi connectivity index (χ0) is 25.2. The Morgan fingerprint density at radius 2 is 1.89 bits per heavy atom. The van der Waals surface area contributed by atoms with Crippen LogP contribution < -0.4 is 0 Å². The van der Waals surface area contributed by atoms with Crippen LogP contribution in [0.5, 0.6) is 0 Å². The van der Waals surface area contributed by atoms with Gasteiger partial charge < -0.3 is 14.7 Å². The Morgan fingerprint density at radius 3 is 2.49 bits per heavy atom. The fraction of sp³-hybridized carbons (Fsp3) is 0.500. The van der Waals surface area contributed by atoms with Crippen molar-refractivity contribution in [1.29, 1.82) is 0 Å². The minimum atomic E-state index is -1.05. The maximum absolute atomic E-state index is 14.3. The topological polar surface area (TPSA) is 66.8 Å². The van der Waals surface area contributed by atoms with Crippen LogP contribution in [0.15, 0.2) is 48.5 Å². The fourth-order valence-corrected chi connectivity index (χ4v) is 6.28. The van der Waals surface area contributed by atoms with Crippen molar-refractivity contribution >= 4 is 35.1 Å². The highest BCUT2D eigenvalue weighted by molar-refractivity contribution is 6.30. The first-order valence-electron chi connectivity index (χ1n) is 12.4. The summed E-state index contributed by atoms with van der Waals surface area (Å²) in [6, 6.07) is 14.9. The van der Waals surface area contributed by atoms with Crippen molar-refractivity contribution in [3.8, 4) is 0 Å². The first-order chi connectivity index (χ1) is 16.7. The van der Waals surface area contributed by atoms with E-state index in [1.54, 1.807) is 6.92 Å². The minimum Gasteiger partial charge on any atom is -0.481 e. The number of carboxylic acids is 1. The molecule has 2 aliphatic rings. The molecular formula is C28H33Cl2NO4. The normalized spacial score (nSPS) is 28.1. The number of rotatable bonds is 7. The van der Waals surface area contributed by atoms with Crippen LogP contribution in [-0.2, 0) is 14.3 Å². The molecule has 0 saturated carbocycles. The molecule has 7 heteroatoms. The van der Waals surface area contributed by atoms with Crippen LogP contribution in [0.25, 0.3) is 0 Å². The molecule has 5 atom stereocenters. The van der Waals surface area contributed by atoms with Gasteiger partial charge in [-0.05, 0) is 67.5 Å². The predicted molar refractivity (Wildman–Crippen MR) is 138 cm³/mol. The van der Waals surface area contributed by atoms with Gasteiger partial charge in [0.1, 0.15) is 0 Å². The SMILES string of the molecule is CCC(C1CCCCO1)N1C(=O)[C@@](C)(CC(=O)O)C[C@H](c2cccc(Cl)c2)C1c1ccc(Cl)cc1. The third-order valence-electron chi connectivity index (χ3n) is 7.55. The molecule has 2 aromatic carbocycles. The van der Waals surface area contributed by atoms with Crippen LogP contribution in [0.3, 0.4) is 0 Å². The lowest BCUT2D eigenvalue weighted by Crippen LogP contribution is -2.59. The first kappa shape index (κ1) is 26.0. The number of aliphatic carboxylic acids is 1. The molecule has 0 aliphatic carbocycles. The van der Waals surface area contributed by atoms with Crippen molar-refractivity contribution in [1.82, 2.24) is 4.90 Å². The van der Waals surface area contributed by atoms with Crippen molar-refractivity contribution in [3.63, 3.8) is 0 Å². The second-order valence-electron chi connectivity index (χ2n) is 10.1. The number of amides is 1. The predicted octanol–water partition coefficient (Wildman–Crippen LogP) is 6.88. The van der Waals surface area contributed by atoms with E-state index in [-0.39, 0.29) is 36.4 Å². The van der Waals surface area contributed by atoms with Crippen LogP contribution >= 0.6 is 23.2 Å². The van der Waals surface area contributed by atoms with Gasteiger partial charge in [-0.25, -0.2) is 0 Å². The van der Waals surface area contributed by atoms with Gasteiger partial charge in [-0.2, -0.15) is 0 Å². The number of benzene rings is 2. The number of ether oxygens (including phenoxy) is 1. The Kier molecular flexibility index (Phi) is 8.09. The van der Waals surface area contributed by atoms with E-state index >= 15 is 0 Å². The molecule has 4 rings (SSSR count). The summed E-state index contributed by atoms with van der Waals surface area (Å²) < 4.78 is 6.19. The molecule has 0 radical (unpaired) electrons. The summed E-state index contributed by atoms with van der Waals surface area (Å²) in [6.07, 6.45) is 3.76. The summed E-state index contributed by atoms with van der Waals surface area (Å²) in [7, 11) is 0. The number of likely N-dealkylation sites (tertiary alicyclic amines) is 1. The quantitative estimate of drug-likeness (QED) is 0.434. The second kappa shape index (κ2) is 10.9. The fourth-order valence-electron chi connectivity index (χ4n) is 5.95. The molecule has 1 N–H and O–H groups in total. The Morgan fingerprint density at radius 1 is 1.14 bits per heavy atom. The van der Waals surface area contributed by atoms with Crippen LogP contribution in [0.4, 0.5) is 0 Å². The Hall–Kier alpha value is -2.08. The highest BCUT2D eigenvalue weighted by Gasteiger charge is 2.53. The molecule has 2 saturated heterocycles. The molecular weight excluding hydrogens is 485 g/mol. The number of halogens is 2. The molecule has 2 aliphatic heterocycles. The van der Waals surface area contributed by atoms with Crippen LogP contribution in [0, 0.1) is 5.41 Å². The monoisotopic (exact) mass is 517 g/mol. The van der Waals surface area contributed by atoms with E-state index in [4.69, 9.17) is 27.9 Å². The van der Waals surface area contributed by atoms with Gasteiger partial charge in [0.15, 0.2) is 0 Å². The van der Waals surface area contributed by atoms with Crippen molar-refractivity contribution in [2.24, 2.45) is 5.41 Å². The zero-order valence-electron chi connectivity index (χ0n) is 20.3. The molecule has 2 fully saturated rings. The number of carbonyl (C=O) groups is 2. The molecule has 5 nitrogen and oxygen atoms in total. The van der Waals surface area contributed by atoms with Crippen molar-refractivity contribution in [2.45, 2.75) is 76.5 Å². The van der Waals surface area contributed by atoms with E-state index < -0.39 is 11.4 Å². The number of carbonyl (C=O) groups excluding carboxylic acids is 1. The van der Waals surface area contributed by atoms with Crippen LogP contribution in [-0.4, -0.2) is 40.6 Å². The van der Waals surface area contributed by atoms with Crippen LogP contribution in [0.1, 0.15) is 75.5 Å². The van der Waals surface area contributed by atoms with Crippen molar-refractivity contribution in [2.75, 3.05) is 6.61 Å². The molecule has 0 aromatic heterocycles. The van der Waals surface area contributed by atoms with Crippen molar-refractivity contribution in [3.05, 3.63) is 69.7 Å². The van der Waals surface area contributed by atoms with E-state index in [2.05, 4.69) is 6.92 Å². The molecule has 2 aromatic rings. The second-order valence-corrected chi connectivity index (χ2v) is 11.0. The highest BCUT2D eigenvalue weighted by Crippen LogP contribution is 2.52. The number of nitrogens with zero attached hydrogens (tertiary/aromatic N) is 1. The Balaban J connectivity index is 1.89. The molecule has 0 spiro atoms. The van der Waals surface area contributed by atoms with Gasteiger partial charge in [-0.15, -0.1) is 0 Å². The molecule has 3 unspecified atom stereocenters. The molecule has 0 bridgehead atoms. The average Bonchev–Trinajstić information content (AvgIpc) is 2.83. The van der Waals surface area contributed by atoms with Gasteiger partial charge in [0.2, 0.25) is 5.91 Å². The van der Waals surface area contributed by atoms with Gasteiger partial charge in [0.25, 0.3) is 0 Å². The number of hydrogen-bond acceptors (Lipinski definition) is 3. The largest absolute Gasteiger partial charge is 0.481 e. The maximum atomic E-state index is 14.3. The summed E-state index contributed by atoms with van der Waals surface area (Å²) in [5.41, 5.74) is 0.912. The summed E-state index contributed by atoms with van der Waals surface area (Å²) in [5, 5.41) is 11.0. The first-order valence-corrected chi connectivity index (χ1v) is 13.2. The number of carboxylic acid groups (broad SMARTS) is 1. The van der Waals surface area contributed by atoms with Gasteiger partial charge in [-0.3, -0.25) is 9.59 Å². The van der Waals surface area contributed by atoms with E-state index in [1.807, 2.05) is 53.4 Å². The molecule has 188 valence electrons. The van der Waals surface area contributed by atoms with Crippen LogP contribution in [0.2, 0.25) is 10.0 Å². The van der Waals surface area contributed by atoms with Gasteiger partial charge in [0.05, 0.1) is 30.0 Å². The lowest BCUT2D eigenvalue weighted by Gasteiger charge is -2.53. The minimum absolute atomic E-state index is 0.0836. The molecule has 2 heterocycles. The molecule has 35 heavy (non-hydrogen) atoms. The summed E-state index contributed by atoms with van der Waals surface area (Å²) in [4.78, 5) is 28.2. The van der Waals surface area contributed by atoms with Crippen molar-refractivity contribution < 1.29 is 19.4 Å². The standard InChI is InChI=1S/C28H33Cl2NO4/c1-3-23(24-9-4-5-14-35-24)31-26(18-10-12-20(29)13-11-18)22(19-7-6-8-21(30)15-19)16-28(2,27(31)34)17-25(32)33/h6-8,10-13,15,22-24,26H,3-5,9,14,16-17H2,1-2H3,(H,32,33)/t22-,23?,24?,26?,28-/m1/s1. The Bertz CT molecular complexity index is 1050. The summed E-state index contributed by atoms with van der Waals surface area (Å²) in [6.45, 7) is 4.55. The lowest BCUT2D eigenvalue weighted by atomic mass is 9.66. The van der Waals surface area contributed by atoms with Gasteiger partial charge in [0, 0.05) is 22.6 Å². The number of piperidine rings is 1. The Labute approximate surface area is 217 Å². The summed E-state index contributed by atoms with van der Waals surface area (Å²) in [5.74, 6) is -1.24. The third kappa shape index (κ3) is 5.52. The van der Waals surface area contributed by atoms with E-state index in [0.29, 0.717) is 29.5 Å². The zero-order valence-corrected chi connectivity index (χ0v) is 21.8. The third-order valence-corrected chi connectivity index (χ3v) is 8.04. The van der Waals surface area contributed by atoms with E-state index in [1.165, 1.54) is 0 Å². The average molecular weight is 518 g/mol. The highest BCUT2D eigenvalue weighted by atomic mass is 35.5. The number of hydrogen-bond donors (Lipinski definition) is 1. The summed E-state index contributed by atoms with van der Waals surface area (Å²) >= 11 is 12.6. The van der Waals surface area contributed by atoms with Gasteiger partial charge in [-0.1, -0.05) is 61.3 Å².